The number of hydrogen-bond donors (Lipinski definition) is 1. The minimum Gasteiger partial charge on any atom is -0.343 e. The molecule has 2 atom stereocenters. The van der Waals surface area contributed by atoms with Crippen molar-refractivity contribution in [3.63, 3.8) is 0 Å². The van der Waals surface area contributed by atoms with E-state index in [9.17, 15) is 9.59 Å². The van der Waals surface area contributed by atoms with Crippen molar-refractivity contribution in [3.8, 4) is 0 Å². The number of likely N-dealkylation sites (N-methyl/N-ethyl adjacent to an activating group) is 1. The molecule has 0 fully saturated rings. The number of carbonyl (C=O) groups excluding carboxylic acids is 2. The molecule has 2 aliphatic rings. The summed E-state index contributed by atoms with van der Waals surface area (Å²) in [6, 6.07) is 6.28. The molecule has 0 unspecified atom stereocenters. The number of amides is 2. The number of benzene rings is 1. The molecule has 0 saturated carbocycles. The molecule has 6 nitrogen and oxygen atoms in total. The number of aromatic nitrogens is 1. The summed E-state index contributed by atoms with van der Waals surface area (Å²) < 4.78 is 1.73. The zero-order valence-electron chi connectivity index (χ0n) is 17.7. The lowest BCUT2D eigenvalue weighted by molar-refractivity contribution is -0.134. The molecule has 154 valence electrons. The minimum atomic E-state index is -0.131. The van der Waals surface area contributed by atoms with Crippen LogP contribution < -0.4 is 5.32 Å². The molecule has 1 aromatic heterocycles. The van der Waals surface area contributed by atoms with Crippen molar-refractivity contribution in [2.24, 2.45) is 5.92 Å². The largest absolute Gasteiger partial charge is 0.343 e. The molecule has 2 aromatic rings. The van der Waals surface area contributed by atoms with Gasteiger partial charge in [0.1, 0.15) is 0 Å². The number of hydrogen-bond acceptors (Lipinski definition) is 3. The Labute approximate surface area is 172 Å². The predicted octanol–water partition coefficient (Wildman–Crippen LogP) is 2.96. The van der Waals surface area contributed by atoms with Gasteiger partial charge < -0.3 is 10.2 Å². The maximum atomic E-state index is 13.0. The maximum absolute atomic E-state index is 13.0. The topological polar surface area (TPSA) is 57.6 Å². The van der Waals surface area contributed by atoms with Crippen LogP contribution in [0.2, 0.25) is 0 Å². The Morgan fingerprint density at radius 2 is 1.97 bits per heavy atom. The van der Waals surface area contributed by atoms with E-state index in [0.717, 1.165) is 42.5 Å². The van der Waals surface area contributed by atoms with Crippen LogP contribution in [0.25, 0.3) is 16.5 Å². The number of carbonyl (C=O) groups is 2. The third-order valence-corrected chi connectivity index (χ3v) is 6.33. The standard InChI is InChI=1S/C23H30N4O2/c1-5-24-23(29)27-14-15-12-20-18(17-9-8-10-19(27)21(15)17)11-16(13-25(20)4)22(28)26(6-2)7-3/h8-11,14,16,20H,5-7,12-13H2,1-4H3,(H,24,29)/t16-,20-/m1/s1. The zero-order valence-corrected chi connectivity index (χ0v) is 17.7. The smallest absolute Gasteiger partial charge is 0.326 e. The Hall–Kier alpha value is -2.60. The summed E-state index contributed by atoms with van der Waals surface area (Å²) >= 11 is 0. The molecular formula is C23H30N4O2. The maximum Gasteiger partial charge on any atom is 0.326 e. The van der Waals surface area contributed by atoms with Gasteiger partial charge in [0, 0.05) is 43.8 Å². The van der Waals surface area contributed by atoms with Gasteiger partial charge in [-0.15, -0.1) is 0 Å². The van der Waals surface area contributed by atoms with Crippen LogP contribution in [0, 0.1) is 5.92 Å². The van der Waals surface area contributed by atoms with Gasteiger partial charge in [-0.2, -0.15) is 0 Å². The third-order valence-electron chi connectivity index (χ3n) is 6.33. The Morgan fingerprint density at radius 3 is 2.66 bits per heavy atom. The Kier molecular flexibility index (Phi) is 5.21. The molecule has 0 bridgehead atoms. The molecule has 2 heterocycles. The number of rotatable bonds is 4. The molecule has 1 aromatic carbocycles. The molecule has 6 heteroatoms. The van der Waals surface area contributed by atoms with Crippen molar-refractivity contribution in [3.05, 3.63) is 41.6 Å². The van der Waals surface area contributed by atoms with Gasteiger partial charge >= 0.3 is 6.03 Å². The van der Waals surface area contributed by atoms with E-state index in [0.29, 0.717) is 6.54 Å². The summed E-state index contributed by atoms with van der Waals surface area (Å²) in [4.78, 5) is 29.8. The van der Waals surface area contributed by atoms with Gasteiger partial charge in [-0.1, -0.05) is 18.2 Å². The fraction of sp³-hybridized carbons (Fsp3) is 0.478. The van der Waals surface area contributed by atoms with Gasteiger partial charge in [0.15, 0.2) is 0 Å². The summed E-state index contributed by atoms with van der Waals surface area (Å²) in [5.41, 5.74) is 4.50. The van der Waals surface area contributed by atoms with E-state index in [1.165, 1.54) is 11.1 Å². The van der Waals surface area contributed by atoms with Crippen LogP contribution in [0.3, 0.4) is 0 Å². The van der Waals surface area contributed by atoms with E-state index < -0.39 is 0 Å². The van der Waals surface area contributed by atoms with Crippen molar-refractivity contribution in [2.45, 2.75) is 33.2 Å². The first-order valence-corrected chi connectivity index (χ1v) is 10.6. The van der Waals surface area contributed by atoms with Gasteiger partial charge in [0.05, 0.1) is 11.4 Å². The second-order valence-electron chi connectivity index (χ2n) is 7.96. The highest BCUT2D eigenvalue weighted by molar-refractivity contribution is 6.03. The highest BCUT2D eigenvalue weighted by Crippen LogP contribution is 2.41. The summed E-state index contributed by atoms with van der Waals surface area (Å²) in [6.07, 6.45) is 5.03. The highest BCUT2D eigenvalue weighted by Gasteiger charge is 2.37. The third kappa shape index (κ3) is 3.15. The Bertz CT molecular complexity index is 986. The first-order valence-electron chi connectivity index (χ1n) is 10.6. The van der Waals surface area contributed by atoms with E-state index >= 15 is 0 Å². The normalized spacial score (nSPS) is 20.9. The van der Waals surface area contributed by atoms with Crippen LogP contribution >= 0.6 is 0 Å². The van der Waals surface area contributed by atoms with Gasteiger partial charge in [-0.05, 0) is 57.0 Å². The van der Waals surface area contributed by atoms with Crippen LogP contribution in [0.15, 0.2) is 30.5 Å². The van der Waals surface area contributed by atoms with Crippen LogP contribution in [-0.2, 0) is 11.2 Å². The molecule has 1 aliphatic heterocycles. The van der Waals surface area contributed by atoms with Crippen LogP contribution in [0.1, 0.15) is 31.9 Å². The molecule has 4 rings (SSSR count). The molecule has 29 heavy (non-hydrogen) atoms. The summed E-state index contributed by atoms with van der Waals surface area (Å²) in [5.74, 6) is 0.0686. The minimum absolute atomic E-state index is 0.0947. The monoisotopic (exact) mass is 394 g/mol. The summed E-state index contributed by atoms with van der Waals surface area (Å²) in [5, 5.41) is 4.04. The fourth-order valence-electron chi connectivity index (χ4n) is 4.89. The van der Waals surface area contributed by atoms with Gasteiger partial charge in [-0.3, -0.25) is 14.3 Å². The van der Waals surface area contributed by atoms with E-state index in [4.69, 9.17) is 0 Å². The Morgan fingerprint density at radius 1 is 1.21 bits per heavy atom. The van der Waals surface area contributed by atoms with Crippen molar-refractivity contribution in [2.75, 3.05) is 33.2 Å². The van der Waals surface area contributed by atoms with Crippen LogP contribution in [-0.4, -0.2) is 65.6 Å². The quantitative estimate of drug-likeness (QED) is 0.867. The predicted molar refractivity (Wildman–Crippen MR) is 116 cm³/mol. The van der Waals surface area contributed by atoms with Crippen molar-refractivity contribution in [1.82, 2.24) is 19.7 Å². The summed E-state index contributed by atoms with van der Waals surface area (Å²) in [6.45, 7) is 8.78. The van der Waals surface area contributed by atoms with E-state index in [2.05, 4.69) is 29.4 Å². The fourth-order valence-corrected chi connectivity index (χ4v) is 4.89. The number of nitrogens with one attached hydrogen (secondary N) is 1. The average molecular weight is 395 g/mol. The van der Waals surface area contributed by atoms with E-state index in [1.54, 1.807) is 4.57 Å². The molecular weight excluding hydrogens is 364 g/mol. The number of nitrogens with zero attached hydrogens (tertiary/aromatic N) is 3. The first kappa shape index (κ1) is 19.7. The Balaban J connectivity index is 1.81. The molecule has 1 N–H and O–H groups in total. The van der Waals surface area contributed by atoms with Crippen molar-refractivity contribution >= 4 is 28.4 Å². The molecule has 0 radical (unpaired) electrons. The SMILES string of the molecule is CCNC(=O)n1cc2c3c(cccc31)C1=C[C@@H](C(=O)N(CC)CC)CN(C)[C@@H]1C2. The molecule has 1 aliphatic carbocycles. The lowest BCUT2D eigenvalue weighted by Gasteiger charge is -2.40. The molecule has 0 saturated heterocycles. The first-order chi connectivity index (χ1) is 14.0. The summed E-state index contributed by atoms with van der Waals surface area (Å²) in [7, 11) is 2.10. The van der Waals surface area contributed by atoms with Gasteiger partial charge in [0.2, 0.25) is 5.91 Å². The van der Waals surface area contributed by atoms with Crippen molar-refractivity contribution < 1.29 is 9.59 Å². The molecule has 2 amide bonds. The van der Waals surface area contributed by atoms with Gasteiger partial charge in [0.25, 0.3) is 0 Å². The van der Waals surface area contributed by atoms with E-state index in [1.807, 2.05) is 44.0 Å². The molecule has 0 spiro atoms. The average Bonchev–Trinajstić information content (AvgIpc) is 3.10. The van der Waals surface area contributed by atoms with Crippen LogP contribution in [0.5, 0.6) is 0 Å². The second kappa shape index (κ2) is 7.67. The highest BCUT2D eigenvalue weighted by atomic mass is 16.2. The second-order valence-corrected chi connectivity index (χ2v) is 7.96. The van der Waals surface area contributed by atoms with Gasteiger partial charge in [-0.25, -0.2) is 4.79 Å². The zero-order chi connectivity index (χ0) is 20.7. The van der Waals surface area contributed by atoms with E-state index in [-0.39, 0.29) is 23.9 Å². The van der Waals surface area contributed by atoms with Crippen LogP contribution in [0.4, 0.5) is 4.79 Å². The number of fused-ring (bicyclic) bond motifs is 2. The lowest BCUT2D eigenvalue weighted by Crippen LogP contribution is -2.47. The lowest BCUT2D eigenvalue weighted by atomic mass is 9.79. The van der Waals surface area contributed by atoms with Crippen molar-refractivity contribution in [1.29, 1.82) is 0 Å².